The van der Waals surface area contributed by atoms with E-state index >= 15 is 0 Å². The van der Waals surface area contributed by atoms with Gasteiger partial charge in [0.1, 0.15) is 18.2 Å². The van der Waals surface area contributed by atoms with Gasteiger partial charge in [0.25, 0.3) is 0 Å². The predicted molar refractivity (Wildman–Crippen MR) is 98.2 cm³/mol. The molecule has 2 saturated heterocycles. The van der Waals surface area contributed by atoms with Gasteiger partial charge in [-0.05, 0) is 23.2 Å². The number of azide groups is 1. The molecule has 0 N–H and O–H groups in total. The van der Waals surface area contributed by atoms with Gasteiger partial charge in [0, 0.05) is 4.91 Å². The minimum atomic E-state index is -0.763. The highest BCUT2D eigenvalue weighted by Gasteiger charge is 2.53. The van der Waals surface area contributed by atoms with Crippen molar-refractivity contribution < 1.29 is 23.7 Å². The summed E-state index contributed by atoms with van der Waals surface area (Å²) < 4.78 is 23.1. The van der Waals surface area contributed by atoms with Crippen molar-refractivity contribution in [3.05, 3.63) is 82.2 Å². The summed E-state index contributed by atoms with van der Waals surface area (Å²) in [4.78, 5) is 15.5. The van der Waals surface area contributed by atoms with Crippen LogP contribution in [0.3, 0.4) is 0 Å². The number of nitrogens with zero attached hydrogens (tertiary/aromatic N) is 3. The molecule has 5 atom stereocenters. The van der Waals surface area contributed by atoms with Crippen LogP contribution in [0.4, 0.5) is 0 Å². The third-order valence-electron chi connectivity index (χ3n) is 4.76. The first-order valence-electron chi connectivity index (χ1n) is 8.99. The fraction of sp³-hybridized carbons (Fsp3) is 0.350. The Morgan fingerprint density at radius 2 is 1.82 bits per heavy atom. The lowest BCUT2D eigenvalue weighted by Gasteiger charge is -2.38. The van der Waals surface area contributed by atoms with Crippen molar-refractivity contribution in [1.29, 1.82) is 0 Å². The molecule has 2 aliphatic rings. The van der Waals surface area contributed by atoms with Crippen molar-refractivity contribution in [3.8, 4) is 0 Å². The number of rotatable bonds is 6. The van der Waals surface area contributed by atoms with Gasteiger partial charge >= 0.3 is 5.97 Å². The minimum absolute atomic E-state index is 0.236. The van der Waals surface area contributed by atoms with E-state index in [1.165, 1.54) is 0 Å². The number of hydrogen-bond acceptors (Lipinski definition) is 6. The largest absolute Gasteiger partial charge is 0.453 e. The van der Waals surface area contributed by atoms with Crippen LogP contribution in [-0.2, 0) is 25.6 Å². The molecule has 144 valence electrons. The van der Waals surface area contributed by atoms with Gasteiger partial charge < -0.3 is 18.9 Å². The summed E-state index contributed by atoms with van der Waals surface area (Å²) in [5.41, 5.74) is 10.4. The number of esters is 1. The molecular formula is C20H19N3O5. The van der Waals surface area contributed by atoms with Gasteiger partial charge in [0.05, 0.1) is 18.8 Å². The molecule has 2 aromatic carbocycles. The number of ether oxygens (including phenoxy) is 4. The molecule has 0 unspecified atom stereocenters. The second kappa shape index (κ2) is 8.41. The summed E-state index contributed by atoms with van der Waals surface area (Å²) in [5.74, 6) is -0.493. The maximum absolute atomic E-state index is 12.6. The molecule has 2 aliphatic heterocycles. The van der Waals surface area contributed by atoms with Gasteiger partial charge in [-0.1, -0.05) is 53.6 Å². The summed E-state index contributed by atoms with van der Waals surface area (Å²) in [6, 6.07) is 17.5. The monoisotopic (exact) mass is 381 g/mol. The molecule has 0 saturated carbocycles. The highest BCUT2D eigenvalue weighted by Crippen LogP contribution is 2.34. The van der Waals surface area contributed by atoms with Crippen LogP contribution in [0.5, 0.6) is 0 Å². The molecule has 28 heavy (non-hydrogen) atoms. The lowest BCUT2D eigenvalue weighted by molar-refractivity contribution is -0.195. The third-order valence-corrected chi connectivity index (χ3v) is 4.76. The minimum Gasteiger partial charge on any atom is -0.453 e. The fourth-order valence-electron chi connectivity index (χ4n) is 3.40. The Kier molecular flexibility index (Phi) is 5.55. The van der Waals surface area contributed by atoms with Gasteiger partial charge in [-0.15, -0.1) is 0 Å². The highest BCUT2D eigenvalue weighted by molar-refractivity contribution is 5.89. The normalized spacial score (nSPS) is 28.4. The molecular weight excluding hydrogens is 362 g/mol. The topological polar surface area (TPSA) is 103 Å². The van der Waals surface area contributed by atoms with E-state index in [0.717, 1.165) is 5.56 Å². The molecule has 2 fully saturated rings. The number of benzene rings is 2. The Hall–Kier alpha value is -2.90. The number of fused-ring (bicyclic) bond motifs is 2. The molecule has 0 spiro atoms. The summed E-state index contributed by atoms with van der Waals surface area (Å²) in [6.07, 6.45) is -2.64. The molecule has 8 heteroatoms. The van der Waals surface area contributed by atoms with Crippen LogP contribution in [0.15, 0.2) is 65.8 Å². The summed E-state index contributed by atoms with van der Waals surface area (Å²) in [5, 5.41) is 3.80. The van der Waals surface area contributed by atoms with Gasteiger partial charge in [0.2, 0.25) is 0 Å². The maximum Gasteiger partial charge on any atom is 0.338 e. The molecule has 0 amide bonds. The van der Waals surface area contributed by atoms with Gasteiger partial charge in [-0.2, -0.15) is 0 Å². The number of hydrogen-bond donors (Lipinski definition) is 0. The Morgan fingerprint density at radius 1 is 1.11 bits per heavy atom. The zero-order valence-electron chi connectivity index (χ0n) is 15.0. The van der Waals surface area contributed by atoms with E-state index in [2.05, 4.69) is 10.0 Å². The van der Waals surface area contributed by atoms with Crippen LogP contribution < -0.4 is 0 Å². The summed E-state index contributed by atoms with van der Waals surface area (Å²) in [6.45, 7) is 0.516. The van der Waals surface area contributed by atoms with Crippen molar-refractivity contribution in [2.75, 3.05) is 6.61 Å². The van der Waals surface area contributed by atoms with Crippen LogP contribution in [0.1, 0.15) is 15.9 Å². The predicted octanol–water partition coefficient (Wildman–Crippen LogP) is 3.23. The molecule has 2 bridgehead atoms. The number of carbonyl (C=O) groups excluding carboxylic acids is 1. The van der Waals surface area contributed by atoms with E-state index in [0.29, 0.717) is 5.56 Å². The van der Waals surface area contributed by atoms with Crippen LogP contribution in [0, 0.1) is 0 Å². The van der Waals surface area contributed by atoms with E-state index in [9.17, 15) is 4.79 Å². The Morgan fingerprint density at radius 3 is 2.54 bits per heavy atom. The van der Waals surface area contributed by atoms with E-state index in [4.69, 9.17) is 24.5 Å². The van der Waals surface area contributed by atoms with E-state index in [1.807, 2.05) is 36.4 Å². The first-order valence-corrected chi connectivity index (χ1v) is 8.99. The molecule has 0 aromatic heterocycles. The average molecular weight is 381 g/mol. The van der Waals surface area contributed by atoms with Crippen LogP contribution >= 0.6 is 0 Å². The second-order valence-corrected chi connectivity index (χ2v) is 6.57. The molecule has 0 radical (unpaired) electrons. The van der Waals surface area contributed by atoms with Gasteiger partial charge in [0.15, 0.2) is 12.4 Å². The average Bonchev–Trinajstić information content (AvgIpc) is 3.18. The highest BCUT2D eigenvalue weighted by atomic mass is 16.7. The van der Waals surface area contributed by atoms with E-state index in [1.54, 1.807) is 24.3 Å². The molecule has 2 aromatic rings. The zero-order valence-corrected chi connectivity index (χ0v) is 15.0. The second-order valence-electron chi connectivity index (χ2n) is 6.57. The van der Waals surface area contributed by atoms with Crippen molar-refractivity contribution in [2.45, 2.75) is 37.3 Å². The van der Waals surface area contributed by atoms with Crippen LogP contribution in [-0.4, -0.2) is 43.2 Å². The first-order chi connectivity index (χ1) is 13.8. The van der Waals surface area contributed by atoms with E-state index < -0.39 is 36.6 Å². The Balaban J connectivity index is 1.56. The maximum atomic E-state index is 12.6. The molecule has 0 aliphatic carbocycles. The van der Waals surface area contributed by atoms with Crippen molar-refractivity contribution in [2.24, 2.45) is 5.11 Å². The van der Waals surface area contributed by atoms with Gasteiger partial charge in [-0.25, -0.2) is 4.79 Å². The lowest BCUT2D eigenvalue weighted by atomic mass is 9.98. The quantitative estimate of drug-likeness (QED) is 0.331. The number of carbonyl (C=O) groups is 1. The zero-order chi connectivity index (χ0) is 19.3. The SMILES string of the molecule is [N-]=[N+]=N[C@@H]1[C@H]2OC[C@H](O2)[C@@H](OC(=O)c2ccccc2)[C@@H]1OCc1ccccc1. The molecule has 8 nitrogen and oxygen atoms in total. The molecule has 2 heterocycles. The smallest absolute Gasteiger partial charge is 0.338 e. The lowest BCUT2D eigenvalue weighted by Crippen LogP contribution is -2.55. The van der Waals surface area contributed by atoms with Crippen molar-refractivity contribution in [3.63, 3.8) is 0 Å². The van der Waals surface area contributed by atoms with Crippen molar-refractivity contribution in [1.82, 2.24) is 0 Å². The summed E-state index contributed by atoms with van der Waals surface area (Å²) in [7, 11) is 0. The Labute approximate surface area is 161 Å². The first kappa shape index (κ1) is 18.5. The third kappa shape index (κ3) is 3.85. The standard InChI is InChI=1S/C20H19N3O5/c21-23-22-16-18(25-11-13-7-3-1-4-8-13)17(15-12-26-20(16)27-15)28-19(24)14-9-5-2-6-10-14/h1-10,15-18,20H,11-12H2/t15-,16-,17+,18+,20-/m0/s1. The Bertz CT molecular complexity index is 857. The van der Waals surface area contributed by atoms with Crippen LogP contribution in [0.2, 0.25) is 0 Å². The fourth-order valence-corrected chi connectivity index (χ4v) is 3.40. The van der Waals surface area contributed by atoms with Crippen molar-refractivity contribution >= 4 is 5.97 Å². The van der Waals surface area contributed by atoms with Crippen LogP contribution in [0.25, 0.3) is 10.4 Å². The summed E-state index contributed by atoms with van der Waals surface area (Å²) >= 11 is 0. The van der Waals surface area contributed by atoms with E-state index in [-0.39, 0.29) is 13.2 Å². The van der Waals surface area contributed by atoms with Gasteiger partial charge in [-0.3, -0.25) is 0 Å². The molecule has 4 rings (SSSR count).